The summed E-state index contributed by atoms with van der Waals surface area (Å²) in [4.78, 5) is 53.5. The van der Waals surface area contributed by atoms with E-state index >= 15 is 0 Å². The lowest BCUT2D eigenvalue weighted by Crippen LogP contribution is -2.48. The number of nitro benzene ring substituents is 1. The molecule has 38 heavy (non-hydrogen) atoms. The largest absolute Gasteiger partial charge is 0.324 e. The standard InChI is InChI=1S/C30H27N3O5/c1-16(2)15-23(28(34)31-17-11-13-18(14-12-17)33(37)38)32-29(35)26-24-19-7-3-4-8-20(19)25(27(26)30(32)36)22-10-6-5-9-21(22)24/h3-14,16,23-27H,15H2,1-2H3,(H,31,34)/t23-,24?,25?,26-,27+/m1/s1. The molecule has 3 atom stereocenters. The summed E-state index contributed by atoms with van der Waals surface area (Å²) in [5.41, 5.74) is 4.59. The van der Waals surface area contributed by atoms with E-state index in [1.807, 2.05) is 62.4 Å². The molecule has 1 saturated heterocycles. The quantitative estimate of drug-likeness (QED) is 0.291. The van der Waals surface area contributed by atoms with Crippen LogP contribution in [0.4, 0.5) is 11.4 Å². The number of carbonyl (C=O) groups is 3. The van der Waals surface area contributed by atoms with Crippen molar-refractivity contribution in [3.63, 3.8) is 0 Å². The highest BCUT2D eigenvalue weighted by Crippen LogP contribution is 2.61. The molecule has 3 aliphatic carbocycles. The van der Waals surface area contributed by atoms with Crippen molar-refractivity contribution in [2.45, 2.75) is 38.1 Å². The van der Waals surface area contributed by atoms with Crippen LogP contribution in [-0.4, -0.2) is 33.6 Å². The number of anilines is 1. The average Bonchev–Trinajstić information content (AvgIpc) is 3.17. The van der Waals surface area contributed by atoms with Gasteiger partial charge < -0.3 is 5.32 Å². The maximum absolute atomic E-state index is 14.1. The van der Waals surface area contributed by atoms with Gasteiger partial charge in [0.1, 0.15) is 6.04 Å². The van der Waals surface area contributed by atoms with E-state index in [2.05, 4.69) is 5.32 Å². The van der Waals surface area contributed by atoms with Crippen molar-refractivity contribution in [3.05, 3.63) is 105 Å². The fourth-order valence-electron chi connectivity index (χ4n) is 6.68. The normalized spacial score (nSPS) is 23.6. The first-order valence-corrected chi connectivity index (χ1v) is 12.9. The summed E-state index contributed by atoms with van der Waals surface area (Å²) in [7, 11) is 0. The predicted molar refractivity (Wildman–Crippen MR) is 140 cm³/mol. The number of non-ortho nitro benzene ring substituents is 1. The number of nitrogens with one attached hydrogen (secondary N) is 1. The van der Waals surface area contributed by atoms with Gasteiger partial charge in [0, 0.05) is 29.7 Å². The van der Waals surface area contributed by atoms with Gasteiger partial charge in [-0.1, -0.05) is 62.4 Å². The van der Waals surface area contributed by atoms with E-state index in [9.17, 15) is 24.5 Å². The number of rotatable bonds is 6. The van der Waals surface area contributed by atoms with Crippen LogP contribution >= 0.6 is 0 Å². The van der Waals surface area contributed by atoms with Gasteiger partial charge in [-0.3, -0.25) is 29.4 Å². The zero-order chi connectivity index (χ0) is 26.7. The van der Waals surface area contributed by atoms with Gasteiger partial charge in [0.2, 0.25) is 17.7 Å². The number of hydrogen-bond donors (Lipinski definition) is 1. The SMILES string of the molecule is CC(C)C[C@H](C(=O)Nc1ccc([N+](=O)[O-])cc1)N1C(=O)[C@@H]2C3c4ccccc4C(c4ccccc43)[C@@H]2C1=O. The van der Waals surface area contributed by atoms with Gasteiger partial charge >= 0.3 is 0 Å². The fourth-order valence-corrected chi connectivity index (χ4v) is 6.68. The van der Waals surface area contributed by atoms with Crippen LogP contribution in [0.2, 0.25) is 0 Å². The minimum atomic E-state index is -0.985. The number of likely N-dealkylation sites (tertiary alicyclic amines) is 1. The van der Waals surface area contributed by atoms with Crippen molar-refractivity contribution in [1.82, 2.24) is 4.90 Å². The molecule has 8 nitrogen and oxygen atoms in total. The van der Waals surface area contributed by atoms with Crippen molar-refractivity contribution in [2.75, 3.05) is 5.32 Å². The van der Waals surface area contributed by atoms with Crippen molar-refractivity contribution < 1.29 is 19.3 Å². The summed E-state index contributed by atoms with van der Waals surface area (Å²) in [6.07, 6.45) is 0.310. The van der Waals surface area contributed by atoms with E-state index in [-0.39, 0.29) is 35.3 Å². The Bertz CT molecular complexity index is 1370. The smallest absolute Gasteiger partial charge is 0.269 e. The van der Waals surface area contributed by atoms with E-state index in [0.29, 0.717) is 12.1 Å². The minimum Gasteiger partial charge on any atom is -0.324 e. The number of carbonyl (C=O) groups excluding carboxylic acids is 3. The van der Waals surface area contributed by atoms with Gasteiger partial charge in [0.25, 0.3) is 5.69 Å². The Labute approximate surface area is 219 Å². The van der Waals surface area contributed by atoms with Gasteiger partial charge in [-0.05, 0) is 46.7 Å². The number of nitrogens with zero attached hydrogens (tertiary/aromatic N) is 2. The van der Waals surface area contributed by atoms with Crippen LogP contribution in [0.1, 0.15) is 54.4 Å². The molecule has 0 saturated carbocycles. The molecular weight excluding hydrogens is 482 g/mol. The van der Waals surface area contributed by atoms with E-state index in [1.165, 1.54) is 29.2 Å². The Morgan fingerprint density at radius 1 is 0.842 bits per heavy atom. The van der Waals surface area contributed by atoms with Gasteiger partial charge in [-0.25, -0.2) is 0 Å². The van der Waals surface area contributed by atoms with Crippen LogP contribution in [0.15, 0.2) is 72.8 Å². The highest BCUT2D eigenvalue weighted by atomic mass is 16.6. The van der Waals surface area contributed by atoms with Crippen LogP contribution in [0.25, 0.3) is 0 Å². The molecule has 3 aromatic carbocycles. The molecular formula is C30H27N3O5. The Balaban J connectivity index is 1.37. The molecule has 8 heteroatoms. The van der Waals surface area contributed by atoms with E-state index in [4.69, 9.17) is 0 Å². The second-order valence-electron chi connectivity index (χ2n) is 10.7. The third-order valence-corrected chi connectivity index (χ3v) is 8.14. The molecule has 7 rings (SSSR count). The Kier molecular flexibility index (Phi) is 5.63. The number of hydrogen-bond acceptors (Lipinski definition) is 5. The molecule has 0 aromatic heterocycles. The van der Waals surface area contributed by atoms with E-state index < -0.39 is 28.7 Å². The maximum atomic E-state index is 14.1. The van der Waals surface area contributed by atoms with Crippen molar-refractivity contribution in [1.29, 1.82) is 0 Å². The lowest BCUT2D eigenvalue weighted by Gasteiger charge is -2.45. The highest BCUT2D eigenvalue weighted by molar-refractivity contribution is 6.11. The first-order chi connectivity index (χ1) is 18.3. The summed E-state index contributed by atoms with van der Waals surface area (Å²) in [6.45, 7) is 3.89. The fraction of sp³-hybridized carbons (Fsp3) is 0.300. The summed E-state index contributed by atoms with van der Waals surface area (Å²) in [6, 6.07) is 20.6. The van der Waals surface area contributed by atoms with Gasteiger partial charge in [-0.2, -0.15) is 0 Å². The predicted octanol–water partition coefficient (Wildman–Crippen LogP) is 4.84. The molecule has 2 bridgehead atoms. The molecule has 0 radical (unpaired) electrons. The monoisotopic (exact) mass is 509 g/mol. The maximum Gasteiger partial charge on any atom is 0.269 e. The molecule has 1 fully saturated rings. The van der Waals surface area contributed by atoms with Gasteiger partial charge in [-0.15, -0.1) is 0 Å². The van der Waals surface area contributed by atoms with Gasteiger partial charge in [0.05, 0.1) is 16.8 Å². The Morgan fingerprint density at radius 2 is 1.29 bits per heavy atom. The molecule has 192 valence electrons. The van der Waals surface area contributed by atoms with Crippen LogP contribution in [-0.2, 0) is 14.4 Å². The minimum absolute atomic E-state index is 0.0388. The summed E-state index contributed by atoms with van der Waals surface area (Å²) < 4.78 is 0. The lowest BCUT2D eigenvalue weighted by atomic mass is 9.55. The molecule has 0 unspecified atom stereocenters. The van der Waals surface area contributed by atoms with Gasteiger partial charge in [0.15, 0.2) is 0 Å². The summed E-state index contributed by atoms with van der Waals surface area (Å²) >= 11 is 0. The number of benzene rings is 3. The first-order valence-electron chi connectivity index (χ1n) is 12.9. The number of amides is 3. The van der Waals surface area contributed by atoms with E-state index in [1.54, 1.807) is 0 Å². The average molecular weight is 510 g/mol. The van der Waals surface area contributed by atoms with Crippen molar-refractivity contribution in [2.24, 2.45) is 17.8 Å². The third-order valence-electron chi connectivity index (χ3n) is 8.14. The lowest BCUT2D eigenvalue weighted by molar-refractivity contribution is -0.384. The zero-order valence-electron chi connectivity index (χ0n) is 21.0. The number of nitro groups is 1. The molecule has 0 spiro atoms. The van der Waals surface area contributed by atoms with Crippen molar-refractivity contribution >= 4 is 29.1 Å². The van der Waals surface area contributed by atoms with Crippen molar-refractivity contribution in [3.8, 4) is 0 Å². The Morgan fingerprint density at radius 3 is 1.68 bits per heavy atom. The molecule has 3 amide bonds. The van der Waals surface area contributed by atoms with Crippen LogP contribution in [0.5, 0.6) is 0 Å². The second kappa shape index (κ2) is 8.90. The summed E-state index contributed by atoms with van der Waals surface area (Å²) in [5.74, 6) is -2.63. The van der Waals surface area contributed by atoms with E-state index in [0.717, 1.165) is 22.3 Å². The Hall–Kier alpha value is -4.33. The van der Waals surface area contributed by atoms with Crippen LogP contribution in [0, 0.1) is 27.9 Å². The molecule has 3 aromatic rings. The molecule has 1 heterocycles. The zero-order valence-corrected chi connectivity index (χ0v) is 21.0. The number of imide groups is 1. The van der Waals surface area contributed by atoms with Crippen LogP contribution < -0.4 is 5.32 Å². The highest BCUT2D eigenvalue weighted by Gasteiger charge is 2.63. The molecule has 1 aliphatic heterocycles. The third kappa shape index (κ3) is 3.55. The first kappa shape index (κ1) is 24.0. The molecule has 1 N–H and O–H groups in total. The topological polar surface area (TPSA) is 110 Å². The second-order valence-corrected chi connectivity index (χ2v) is 10.7. The molecule has 4 aliphatic rings. The van der Waals surface area contributed by atoms with Crippen LogP contribution in [0.3, 0.4) is 0 Å². The summed E-state index contributed by atoms with van der Waals surface area (Å²) in [5, 5.41) is 13.8.